The Balaban J connectivity index is 0.965. The molecule has 650 valence electrons. The van der Waals surface area contributed by atoms with Crippen molar-refractivity contribution < 1.29 is 0 Å². The number of para-hydroxylation sites is 2. The van der Waals surface area contributed by atoms with Gasteiger partial charge in [-0.3, -0.25) is 0 Å². The second-order valence-electron chi connectivity index (χ2n) is 45.2. The van der Waals surface area contributed by atoms with Gasteiger partial charge in [-0.2, -0.15) is 0 Å². The zero-order chi connectivity index (χ0) is 91.6. The van der Waals surface area contributed by atoms with Crippen LogP contribution in [0.25, 0.3) is 22.3 Å². The average Bonchev–Trinajstić information content (AvgIpc) is 0.677. The predicted octanol–water partition coefficient (Wildman–Crippen LogP) is 30.5. The van der Waals surface area contributed by atoms with Crippen LogP contribution in [0.5, 0.6) is 0 Å². The molecule has 15 aromatic carbocycles. The Morgan fingerprint density at radius 3 is 0.785 bits per heavy atom. The Morgan fingerprint density at radius 2 is 0.454 bits per heavy atom. The maximum Gasteiger partial charge on any atom is 0.252 e. The molecular formula is C122H126B2N6. The van der Waals surface area contributed by atoms with Gasteiger partial charge < -0.3 is 29.4 Å². The van der Waals surface area contributed by atoms with Crippen molar-refractivity contribution in [3.8, 4) is 22.3 Å². The van der Waals surface area contributed by atoms with Crippen molar-refractivity contribution in [2.75, 3.05) is 29.4 Å². The summed E-state index contributed by atoms with van der Waals surface area (Å²) in [6, 6.07) is 128. The van der Waals surface area contributed by atoms with Crippen LogP contribution in [0.3, 0.4) is 0 Å². The largest absolute Gasteiger partial charge is 0.311 e. The van der Waals surface area contributed by atoms with E-state index in [9.17, 15) is 0 Å². The smallest absolute Gasteiger partial charge is 0.252 e. The van der Waals surface area contributed by atoms with E-state index in [1.165, 1.54) is 77.3 Å². The molecule has 0 bridgehead atoms. The first-order chi connectivity index (χ1) is 61.5. The molecule has 0 fully saturated rings. The summed E-state index contributed by atoms with van der Waals surface area (Å²) < 4.78 is 0. The van der Waals surface area contributed by atoms with E-state index in [-0.39, 0.29) is 56.7 Å². The molecule has 19 rings (SSSR count). The first kappa shape index (κ1) is 86.6. The number of hydrogen-bond donors (Lipinski definition) is 0. The fraction of sp³-hybridized carbons (Fsp3) is 0.262. The summed E-state index contributed by atoms with van der Waals surface area (Å²) in [5, 5.41) is 0. The van der Waals surface area contributed by atoms with Crippen molar-refractivity contribution in [2.45, 2.75) is 209 Å². The lowest BCUT2D eigenvalue weighted by atomic mass is 9.30. The van der Waals surface area contributed by atoms with Crippen LogP contribution >= 0.6 is 0 Å². The number of hydrogen-bond acceptors (Lipinski definition) is 6. The Labute approximate surface area is 776 Å². The van der Waals surface area contributed by atoms with Crippen molar-refractivity contribution in [3.05, 3.63) is 372 Å². The van der Waals surface area contributed by atoms with Gasteiger partial charge in [-0.25, -0.2) is 0 Å². The van der Waals surface area contributed by atoms with Crippen LogP contribution in [0.15, 0.2) is 328 Å². The molecular weight excluding hydrogens is 1570 g/mol. The Kier molecular flexibility index (Phi) is 21.0. The molecule has 4 heterocycles. The summed E-state index contributed by atoms with van der Waals surface area (Å²) in [6.07, 6.45) is 0. The van der Waals surface area contributed by atoms with E-state index in [1.54, 1.807) is 0 Å². The minimum Gasteiger partial charge on any atom is -0.311 e. The van der Waals surface area contributed by atoms with Gasteiger partial charge >= 0.3 is 0 Å². The van der Waals surface area contributed by atoms with E-state index in [4.69, 9.17) is 0 Å². The maximum absolute atomic E-state index is 2.71. The molecule has 0 aliphatic carbocycles. The zero-order valence-corrected chi connectivity index (χ0v) is 81.0. The van der Waals surface area contributed by atoms with E-state index in [2.05, 4.69) is 523 Å². The van der Waals surface area contributed by atoms with Crippen molar-refractivity contribution in [1.82, 2.24) is 0 Å². The van der Waals surface area contributed by atoms with Crippen LogP contribution in [0, 0.1) is 0 Å². The fourth-order valence-electron chi connectivity index (χ4n) is 20.3. The number of fused-ring (bicyclic) bond motifs is 8. The van der Waals surface area contributed by atoms with Crippen LogP contribution in [-0.2, 0) is 43.3 Å². The number of anilines is 18. The topological polar surface area (TPSA) is 19.4 Å². The molecule has 4 aliphatic rings. The van der Waals surface area contributed by atoms with E-state index >= 15 is 0 Å². The summed E-state index contributed by atoms with van der Waals surface area (Å²) in [5.74, 6) is 0. The Bertz CT molecular complexity index is 6830. The molecule has 0 aromatic heterocycles. The zero-order valence-electron chi connectivity index (χ0n) is 81.0. The molecule has 6 nitrogen and oxygen atoms in total. The molecule has 0 spiro atoms. The second kappa shape index (κ2) is 31.5. The molecule has 8 heteroatoms. The van der Waals surface area contributed by atoms with E-state index in [0.29, 0.717) is 0 Å². The van der Waals surface area contributed by atoms with E-state index in [0.717, 1.165) is 125 Å². The van der Waals surface area contributed by atoms with Gasteiger partial charge in [0.2, 0.25) is 0 Å². The molecule has 0 saturated carbocycles. The predicted molar refractivity (Wildman–Crippen MR) is 564 cm³/mol. The third-order valence-electron chi connectivity index (χ3n) is 27.9. The SMILES string of the molecule is CC(C)(C)c1ccc(N(c2cc3c4c(c2)N(c2ccc(C(C)(C)C)cc2)c2cc5c(cc2B4c2ccccc2N3c2ccc(C(C)(C)C)cc2)B2c3ccccc3N(c3ccc(C(C)(C)C)cc3)c3cc(N(c4ccc(C(C)(C)C)cc4)c4cc(C(C)(C)C)ccc4-c4ccccc4)cc(c32)N5c2ccc(C(C)(C)C)cc2)c2ccc(C(C)(C)C)cc2-c2ccccc2)cc1. The minimum absolute atomic E-state index is 0.0786. The second-order valence-corrected chi connectivity index (χ2v) is 45.2. The summed E-state index contributed by atoms with van der Waals surface area (Å²) in [5.41, 5.74) is 41.1. The highest BCUT2D eigenvalue weighted by atomic mass is 15.2. The van der Waals surface area contributed by atoms with Gasteiger partial charge in [-0.1, -0.05) is 360 Å². The third kappa shape index (κ3) is 15.5. The Morgan fingerprint density at radius 1 is 0.185 bits per heavy atom. The number of rotatable bonds is 12. The molecule has 0 amide bonds. The van der Waals surface area contributed by atoms with Gasteiger partial charge in [-0.15, -0.1) is 0 Å². The van der Waals surface area contributed by atoms with Gasteiger partial charge in [0.1, 0.15) is 0 Å². The lowest BCUT2D eigenvalue weighted by molar-refractivity contribution is 0.590. The fourth-order valence-corrected chi connectivity index (χ4v) is 20.3. The van der Waals surface area contributed by atoms with Crippen LogP contribution in [-0.4, -0.2) is 13.4 Å². The highest BCUT2D eigenvalue weighted by molar-refractivity contribution is 7.03. The van der Waals surface area contributed by atoms with E-state index in [1.807, 2.05) is 0 Å². The molecule has 0 atom stereocenters. The first-order valence-corrected chi connectivity index (χ1v) is 47.1. The van der Waals surface area contributed by atoms with Crippen LogP contribution < -0.4 is 62.2 Å². The minimum atomic E-state index is -0.268. The summed E-state index contributed by atoms with van der Waals surface area (Å²) in [4.78, 5) is 15.8. The summed E-state index contributed by atoms with van der Waals surface area (Å²) in [6.45, 7) is 55.4. The van der Waals surface area contributed by atoms with Crippen molar-refractivity contribution >= 4 is 149 Å². The van der Waals surface area contributed by atoms with Gasteiger partial charge in [0, 0.05) is 90.8 Å². The summed E-state index contributed by atoms with van der Waals surface area (Å²) in [7, 11) is 0. The first-order valence-electron chi connectivity index (χ1n) is 47.1. The number of nitrogens with zero attached hydrogens (tertiary/aromatic N) is 6. The molecule has 15 aromatic rings. The third-order valence-corrected chi connectivity index (χ3v) is 27.9. The van der Waals surface area contributed by atoms with Crippen LogP contribution in [0.2, 0.25) is 0 Å². The van der Waals surface area contributed by atoms with Gasteiger partial charge in [0.15, 0.2) is 0 Å². The van der Waals surface area contributed by atoms with Crippen LogP contribution in [0.1, 0.15) is 211 Å². The average molecular weight is 1700 g/mol. The highest BCUT2D eigenvalue weighted by Crippen LogP contribution is 2.56. The highest BCUT2D eigenvalue weighted by Gasteiger charge is 2.50. The lowest BCUT2D eigenvalue weighted by Crippen LogP contribution is -2.65. The van der Waals surface area contributed by atoms with E-state index < -0.39 is 0 Å². The standard InChI is InChI=1S/C122H126B2N6/c1-115(2,3)81-43-57-89(58-44-81)125(103-70-56-87(121(19,20)21)71-98(103)80-37-29-26-30-38-80)95-73-109-113-111(74-95)129(93-65-51-85(52-66-93)119(13,14)15)107-78-108-102(77-101(107)123(113)99-39-31-33-41-104(99)127(109)91-61-47-83(48-62-91)117(7,8)9)124-100-40-32-34-42-105(100)128(92-63-49-84(50-64-92)118(10,11)12)110-75-96(76-112(114(110)124)130(108)94-67-53-86(54-68-94)120(16,17)18)126(90-59-45-82(46-60-90)116(4,5)6)106-72-88(122(22,23)24)55-69-97(106)79-35-27-25-28-36-79/h25-78H,1-24H3. The quantitative estimate of drug-likeness (QED) is 0.113. The molecule has 0 radical (unpaired) electrons. The normalized spacial score (nSPS) is 13.8. The molecule has 0 saturated heterocycles. The van der Waals surface area contributed by atoms with Crippen molar-refractivity contribution in [2.24, 2.45) is 0 Å². The molecule has 0 N–H and O–H groups in total. The van der Waals surface area contributed by atoms with Crippen molar-refractivity contribution in [1.29, 1.82) is 0 Å². The lowest BCUT2D eigenvalue weighted by Gasteiger charge is -2.48. The molecule has 4 aliphatic heterocycles. The van der Waals surface area contributed by atoms with Gasteiger partial charge in [0.25, 0.3) is 13.4 Å². The maximum atomic E-state index is 2.71. The Hall–Kier alpha value is -12.8. The van der Waals surface area contributed by atoms with Crippen LogP contribution in [0.4, 0.5) is 102 Å². The molecule has 130 heavy (non-hydrogen) atoms. The van der Waals surface area contributed by atoms with Gasteiger partial charge in [-0.05, 0) is 265 Å². The van der Waals surface area contributed by atoms with Gasteiger partial charge in [0.05, 0.1) is 22.7 Å². The molecule has 0 unspecified atom stereocenters. The number of benzene rings is 15. The monoisotopic (exact) mass is 1700 g/mol. The summed E-state index contributed by atoms with van der Waals surface area (Å²) >= 11 is 0. The van der Waals surface area contributed by atoms with Crippen molar-refractivity contribution in [3.63, 3.8) is 0 Å².